The van der Waals surface area contributed by atoms with Crippen molar-refractivity contribution >= 4 is 0 Å². The highest BCUT2D eigenvalue weighted by Gasteiger charge is 2.08. The third-order valence-corrected chi connectivity index (χ3v) is 3.35. The number of hydrogen-bond donors (Lipinski definition) is 1. The normalized spacial score (nSPS) is 10.9. The van der Waals surface area contributed by atoms with Gasteiger partial charge in [0.1, 0.15) is 5.69 Å². The van der Waals surface area contributed by atoms with E-state index in [0.29, 0.717) is 12.2 Å². The Bertz CT molecular complexity index is 669. The average molecular weight is 285 g/mol. The van der Waals surface area contributed by atoms with E-state index >= 15 is 0 Å². The number of nitrogens with one attached hydrogen (secondary N) is 1. The third kappa shape index (κ3) is 3.79. The summed E-state index contributed by atoms with van der Waals surface area (Å²) in [4.78, 5) is 12.0. The van der Waals surface area contributed by atoms with Crippen LogP contribution in [0.15, 0.2) is 29.1 Å². The summed E-state index contributed by atoms with van der Waals surface area (Å²) >= 11 is 0. The Balaban J connectivity index is 2.43. The van der Waals surface area contributed by atoms with Gasteiger partial charge in [0.2, 0.25) is 5.43 Å². The van der Waals surface area contributed by atoms with Gasteiger partial charge in [-0.3, -0.25) is 4.79 Å². The lowest BCUT2D eigenvalue weighted by molar-refractivity contribution is 0.636. The minimum Gasteiger partial charge on any atom is -0.311 e. The molecule has 2 aromatic rings. The van der Waals surface area contributed by atoms with Gasteiger partial charge in [0.15, 0.2) is 0 Å². The van der Waals surface area contributed by atoms with Gasteiger partial charge in [-0.1, -0.05) is 13.0 Å². The molecule has 0 fully saturated rings. The van der Waals surface area contributed by atoms with E-state index in [2.05, 4.69) is 49.4 Å². The highest BCUT2D eigenvalue weighted by atomic mass is 16.1. The minimum absolute atomic E-state index is 0.00303. The predicted octanol–water partition coefficient (Wildman–Crippen LogP) is 2.66. The van der Waals surface area contributed by atoms with Crippen molar-refractivity contribution < 1.29 is 0 Å². The topological polar surface area (TPSA) is 46.9 Å². The van der Waals surface area contributed by atoms with E-state index in [1.807, 2.05) is 11.6 Å². The van der Waals surface area contributed by atoms with Gasteiger partial charge in [-0.25, -0.2) is 4.68 Å². The van der Waals surface area contributed by atoms with Crippen LogP contribution in [0.25, 0.3) is 5.69 Å². The summed E-state index contributed by atoms with van der Waals surface area (Å²) in [7, 11) is 0. The lowest BCUT2D eigenvalue weighted by Gasteiger charge is -2.13. The highest BCUT2D eigenvalue weighted by Crippen LogP contribution is 2.14. The molecule has 21 heavy (non-hydrogen) atoms. The fourth-order valence-electron chi connectivity index (χ4n) is 2.42. The number of aryl methyl sites for hydroxylation is 3. The van der Waals surface area contributed by atoms with Gasteiger partial charge >= 0.3 is 0 Å². The Morgan fingerprint density at radius 1 is 1.10 bits per heavy atom. The summed E-state index contributed by atoms with van der Waals surface area (Å²) in [6.07, 6.45) is 1.04. The second-order valence-corrected chi connectivity index (χ2v) is 5.53. The molecule has 1 aromatic carbocycles. The van der Waals surface area contributed by atoms with Gasteiger partial charge in [0.25, 0.3) is 0 Å². The zero-order chi connectivity index (χ0) is 15.4. The van der Waals surface area contributed by atoms with Crippen LogP contribution in [0, 0.1) is 20.8 Å². The fraction of sp³-hybridized carbons (Fsp3) is 0.412. The maximum atomic E-state index is 12.0. The molecule has 0 aliphatic heterocycles. The van der Waals surface area contributed by atoms with E-state index < -0.39 is 0 Å². The van der Waals surface area contributed by atoms with E-state index in [1.165, 1.54) is 11.1 Å². The molecule has 0 amide bonds. The molecule has 1 aromatic heterocycles. The van der Waals surface area contributed by atoms with Crippen molar-refractivity contribution in [2.24, 2.45) is 0 Å². The lowest BCUT2D eigenvalue weighted by Crippen LogP contribution is -2.25. The van der Waals surface area contributed by atoms with Gasteiger partial charge in [-0.05, 0) is 57.0 Å². The average Bonchev–Trinajstić information content (AvgIpc) is 2.40. The zero-order valence-electron chi connectivity index (χ0n) is 13.2. The van der Waals surface area contributed by atoms with Crippen molar-refractivity contribution in [1.82, 2.24) is 15.1 Å². The van der Waals surface area contributed by atoms with Gasteiger partial charge < -0.3 is 5.32 Å². The van der Waals surface area contributed by atoms with E-state index in [-0.39, 0.29) is 5.43 Å². The van der Waals surface area contributed by atoms with Gasteiger partial charge in [-0.15, -0.1) is 0 Å². The molecule has 0 atom stereocenters. The molecule has 1 N–H and O–H groups in total. The second kappa shape index (κ2) is 6.68. The molecular formula is C17H23N3O. The molecule has 1 heterocycles. The predicted molar refractivity (Wildman–Crippen MR) is 86.0 cm³/mol. The SMILES string of the molecule is CCCNCc1nn(-c2cc(C)cc(C)c2)c(C)cc1=O. The molecule has 0 saturated carbocycles. The number of aromatic nitrogens is 2. The molecule has 0 aliphatic rings. The van der Waals surface area contributed by atoms with E-state index in [0.717, 1.165) is 24.3 Å². The number of benzene rings is 1. The number of rotatable bonds is 5. The van der Waals surface area contributed by atoms with Crippen LogP contribution >= 0.6 is 0 Å². The summed E-state index contributed by atoms with van der Waals surface area (Å²) < 4.78 is 1.85. The van der Waals surface area contributed by atoms with Crippen molar-refractivity contribution in [2.75, 3.05) is 6.54 Å². The highest BCUT2D eigenvalue weighted by molar-refractivity contribution is 5.39. The summed E-state index contributed by atoms with van der Waals surface area (Å²) in [5.41, 5.74) is 4.79. The monoisotopic (exact) mass is 285 g/mol. The van der Waals surface area contributed by atoms with Crippen LogP contribution in [-0.2, 0) is 6.54 Å². The molecule has 0 spiro atoms. The van der Waals surface area contributed by atoms with Crippen LogP contribution in [0.2, 0.25) is 0 Å². The smallest absolute Gasteiger partial charge is 0.204 e. The van der Waals surface area contributed by atoms with Gasteiger partial charge in [0, 0.05) is 18.3 Å². The zero-order valence-corrected chi connectivity index (χ0v) is 13.2. The first-order valence-electron chi connectivity index (χ1n) is 7.40. The third-order valence-electron chi connectivity index (χ3n) is 3.35. The molecule has 112 valence electrons. The Labute approximate surface area is 125 Å². The molecule has 0 aliphatic carbocycles. The molecule has 2 rings (SSSR count). The first-order valence-corrected chi connectivity index (χ1v) is 7.40. The van der Waals surface area contributed by atoms with Crippen molar-refractivity contribution in [3.63, 3.8) is 0 Å². The first kappa shape index (κ1) is 15.4. The van der Waals surface area contributed by atoms with Crippen molar-refractivity contribution in [3.8, 4) is 5.69 Å². The Morgan fingerprint density at radius 3 is 2.38 bits per heavy atom. The van der Waals surface area contributed by atoms with E-state index in [4.69, 9.17) is 0 Å². The minimum atomic E-state index is -0.00303. The van der Waals surface area contributed by atoms with Crippen molar-refractivity contribution in [2.45, 2.75) is 40.7 Å². The maximum absolute atomic E-state index is 12.0. The fourth-order valence-corrected chi connectivity index (χ4v) is 2.42. The molecule has 0 saturated heterocycles. The Morgan fingerprint density at radius 2 is 1.76 bits per heavy atom. The van der Waals surface area contributed by atoms with Gasteiger partial charge in [-0.2, -0.15) is 5.10 Å². The summed E-state index contributed by atoms with van der Waals surface area (Å²) in [6, 6.07) is 7.96. The standard InChI is InChI=1S/C17H23N3O/c1-5-6-18-11-16-17(21)10-14(4)20(19-16)15-8-12(2)7-13(3)9-15/h7-10,18H,5-6,11H2,1-4H3. The second-order valence-electron chi connectivity index (χ2n) is 5.53. The molecule has 4 heteroatoms. The van der Waals surface area contributed by atoms with Crippen molar-refractivity contribution in [3.05, 3.63) is 57.0 Å². The van der Waals surface area contributed by atoms with E-state index in [9.17, 15) is 4.79 Å². The van der Waals surface area contributed by atoms with Gasteiger partial charge in [0.05, 0.1) is 5.69 Å². The van der Waals surface area contributed by atoms with Crippen LogP contribution in [0.1, 0.15) is 35.9 Å². The Hall–Kier alpha value is -1.94. The van der Waals surface area contributed by atoms with Crippen LogP contribution in [0.3, 0.4) is 0 Å². The van der Waals surface area contributed by atoms with E-state index in [1.54, 1.807) is 6.07 Å². The molecule has 4 nitrogen and oxygen atoms in total. The number of hydrogen-bond acceptors (Lipinski definition) is 3. The summed E-state index contributed by atoms with van der Waals surface area (Å²) in [6.45, 7) is 9.55. The first-order chi connectivity index (χ1) is 10.0. The van der Waals surface area contributed by atoms with Crippen LogP contribution in [-0.4, -0.2) is 16.3 Å². The molecular weight excluding hydrogens is 262 g/mol. The van der Waals surface area contributed by atoms with Crippen molar-refractivity contribution in [1.29, 1.82) is 0 Å². The van der Waals surface area contributed by atoms with Crippen LogP contribution < -0.4 is 10.7 Å². The van der Waals surface area contributed by atoms with Crippen LogP contribution in [0.4, 0.5) is 0 Å². The summed E-state index contributed by atoms with van der Waals surface area (Å²) in [5, 5.41) is 7.78. The largest absolute Gasteiger partial charge is 0.311 e. The maximum Gasteiger partial charge on any atom is 0.204 e. The Kier molecular flexibility index (Phi) is 4.91. The molecule has 0 bridgehead atoms. The lowest BCUT2D eigenvalue weighted by atomic mass is 10.1. The number of nitrogens with zero attached hydrogens (tertiary/aromatic N) is 2. The van der Waals surface area contributed by atoms with Crippen LogP contribution in [0.5, 0.6) is 0 Å². The quantitative estimate of drug-likeness (QED) is 0.859. The molecule has 0 unspecified atom stereocenters. The summed E-state index contributed by atoms with van der Waals surface area (Å²) in [5.74, 6) is 0. The molecule has 0 radical (unpaired) electrons.